The molecule has 2 heterocycles. The zero-order chi connectivity index (χ0) is 16.5. The highest BCUT2D eigenvalue weighted by atomic mass is 32.2. The number of hydrogen-bond donors (Lipinski definition) is 2. The highest BCUT2D eigenvalue weighted by Crippen LogP contribution is 2.36. The molecule has 1 aliphatic carbocycles. The third-order valence-electron chi connectivity index (χ3n) is 4.83. The standard InChI is InChI=1S/C15H23N3O4S/c1-16-14(19)15(8-2-3-9-15)17-23(20,21)18-10-4-6-12(18)13-7-5-11-22-13/h5,7,11-12,17H,2-4,6,8-10H2,1H3,(H,16,19)/t12-/m0/s1. The lowest BCUT2D eigenvalue weighted by Crippen LogP contribution is -2.59. The molecule has 1 amide bonds. The minimum atomic E-state index is -3.77. The van der Waals surface area contributed by atoms with E-state index in [1.807, 2.05) is 0 Å². The molecule has 1 aromatic rings. The van der Waals surface area contributed by atoms with Crippen LogP contribution in [0.2, 0.25) is 0 Å². The molecule has 1 aliphatic heterocycles. The number of amides is 1. The first-order chi connectivity index (χ1) is 11.0. The fourth-order valence-electron chi connectivity index (χ4n) is 3.69. The summed E-state index contributed by atoms with van der Waals surface area (Å²) >= 11 is 0. The van der Waals surface area contributed by atoms with Crippen molar-refractivity contribution in [3.63, 3.8) is 0 Å². The van der Waals surface area contributed by atoms with Crippen LogP contribution in [0.15, 0.2) is 22.8 Å². The monoisotopic (exact) mass is 341 g/mol. The van der Waals surface area contributed by atoms with Gasteiger partial charge in [-0.2, -0.15) is 17.4 Å². The average molecular weight is 341 g/mol. The van der Waals surface area contributed by atoms with Crippen molar-refractivity contribution in [3.05, 3.63) is 24.2 Å². The molecule has 1 saturated heterocycles. The molecule has 128 valence electrons. The van der Waals surface area contributed by atoms with Crippen molar-refractivity contribution in [2.75, 3.05) is 13.6 Å². The lowest BCUT2D eigenvalue weighted by molar-refractivity contribution is -0.126. The van der Waals surface area contributed by atoms with Gasteiger partial charge in [-0.1, -0.05) is 12.8 Å². The van der Waals surface area contributed by atoms with Crippen molar-refractivity contribution in [2.45, 2.75) is 50.1 Å². The molecule has 0 aromatic carbocycles. The first-order valence-corrected chi connectivity index (χ1v) is 9.49. The van der Waals surface area contributed by atoms with Crippen molar-refractivity contribution >= 4 is 16.1 Å². The van der Waals surface area contributed by atoms with Gasteiger partial charge >= 0.3 is 0 Å². The summed E-state index contributed by atoms with van der Waals surface area (Å²) in [6.07, 6.45) is 5.81. The Bertz CT molecular complexity index is 650. The molecule has 0 unspecified atom stereocenters. The predicted molar refractivity (Wildman–Crippen MR) is 84.7 cm³/mol. The van der Waals surface area contributed by atoms with Crippen molar-refractivity contribution in [3.8, 4) is 0 Å². The van der Waals surface area contributed by atoms with Crippen LogP contribution in [-0.2, 0) is 15.0 Å². The van der Waals surface area contributed by atoms with E-state index in [-0.39, 0.29) is 11.9 Å². The van der Waals surface area contributed by atoms with Crippen molar-refractivity contribution in [1.82, 2.24) is 14.3 Å². The van der Waals surface area contributed by atoms with Crippen LogP contribution < -0.4 is 10.0 Å². The van der Waals surface area contributed by atoms with Gasteiger partial charge in [-0.25, -0.2) is 0 Å². The van der Waals surface area contributed by atoms with Crippen LogP contribution in [0.1, 0.15) is 50.3 Å². The summed E-state index contributed by atoms with van der Waals surface area (Å²) in [5.74, 6) is 0.389. The number of likely N-dealkylation sites (N-methyl/N-ethyl adjacent to an activating group) is 1. The molecule has 2 fully saturated rings. The van der Waals surface area contributed by atoms with Crippen molar-refractivity contribution < 1.29 is 17.6 Å². The summed E-state index contributed by atoms with van der Waals surface area (Å²) in [4.78, 5) is 12.3. The number of furan rings is 1. The van der Waals surface area contributed by atoms with Crippen molar-refractivity contribution in [2.24, 2.45) is 0 Å². The maximum absolute atomic E-state index is 12.9. The van der Waals surface area contributed by atoms with Gasteiger partial charge in [-0.3, -0.25) is 4.79 Å². The van der Waals surface area contributed by atoms with Crippen LogP contribution in [0.25, 0.3) is 0 Å². The van der Waals surface area contributed by atoms with E-state index >= 15 is 0 Å². The molecule has 8 heteroatoms. The zero-order valence-electron chi connectivity index (χ0n) is 13.2. The molecule has 0 bridgehead atoms. The van der Waals surface area contributed by atoms with Gasteiger partial charge < -0.3 is 9.73 Å². The fraction of sp³-hybridized carbons (Fsp3) is 0.667. The van der Waals surface area contributed by atoms with Crippen LogP contribution in [0.5, 0.6) is 0 Å². The van der Waals surface area contributed by atoms with E-state index in [0.29, 0.717) is 25.1 Å². The Morgan fingerprint density at radius 2 is 2.09 bits per heavy atom. The highest BCUT2D eigenvalue weighted by Gasteiger charge is 2.47. The number of hydrogen-bond acceptors (Lipinski definition) is 4. The lowest BCUT2D eigenvalue weighted by Gasteiger charge is -2.32. The number of carbonyl (C=O) groups is 1. The maximum atomic E-state index is 12.9. The summed E-state index contributed by atoms with van der Waals surface area (Å²) in [5, 5.41) is 2.60. The van der Waals surface area contributed by atoms with Crippen LogP contribution in [-0.4, -0.2) is 37.8 Å². The molecular weight excluding hydrogens is 318 g/mol. The van der Waals surface area contributed by atoms with Crippen LogP contribution in [0.4, 0.5) is 0 Å². The van der Waals surface area contributed by atoms with Gasteiger partial charge in [0.05, 0.1) is 12.3 Å². The first-order valence-electron chi connectivity index (χ1n) is 8.05. The Morgan fingerprint density at radius 1 is 1.35 bits per heavy atom. The summed E-state index contributed by atoms with van der Waals surface area (Å²) in [6.45, 7) is 0.435. The second-order valence-corrected chi connectivity index (χ2v) is 7.88. The first kappa shape index (κ1) is 16.5. The Kier molecular flexibility index (Phi) is 4.48. The largest absolute Gasteiger partial charge is 0.468 e. The van der Waals surface area contributed by atoms with Crippen LogP contribution in [0, 0.1) is 0 Å². The normalized spacial score (nSPS) is 24.8. The minimum Gasteiger partial charge on any atom is -0.468 e. The van der Waals surface area contributed by atoms with Gasteiger partial charge in [0.1, 0.15) is 11.3 Å². The predicted octanol–water partition coefficient (Wildman–Crippen LogP) is 1.31. The van der Waals surface area contributed by atoms with E-state index in [1.165, 1.54) is 11.4 Å². The summed E-state index contributed by atoms with van der Waals surface area (Å²) < 4.78 is 35.3. The molecular formula is C15H23N3O4S. The molecule has 0 spiro atoms. The van der Waals surface area contributed by atoms with E-state index in [9.17, 15) is 13.2 Å². The molecule has 7 nitrogen and oxygen atoms in total. The molecule has 2 aliphatic rings. The number of rotatable bonds is 5. The van der Waals surface area contributed by atoms with Crippen LogP contribution in [0.3, 0.4) is 0 Å². The van der Waals surface area contributed by atoms with Crippen LogP contribution >= 0.6 is 0 Å². The van der Waals surface area contributed by atoms with E-state index in [0.717, 1.165) is 25.7 Å². The van der Waals surface area contributed by atoms with E-state index in [4.69, 9.17) is 4.42 Å². The number of carbonyl (C=O) groups excluding carboxylic acids is 1. The average Bonchev–Trinajstić information content (AvgIpc) is 3.25. The van der Waals surface area contributed by atoms with Gasteiger partial charge in [0.25, 0.3) is 10.2 Å². The Morgan fingerprint density at radius 3 is 2.70 bits per heavy atom. The van der Waals surface area contributed by atoms with Gasteiger partial charge in [-0.15, -0.1) is 0 Å². The maximum Gasteiger partial charge on any atom is 0.281 e. The molecule has 23 heavy (non-hydrogen) atoms. The highest BCUT2D eigenvalue weighted by molar-refractivity contribution is 7.87. The quantitative estimate of drug-likeness (QED) is 0.845. The zero-order valence-corrected chi connectivity index (χ0v) is 14.1. The second-order valence-electron chi connectivity index (χ2n) is 6.26. The van der Waals surface area contributed by atoms with E-state index < -0.39 is 15.7 Å². The second kappa shape index (κ2) is 6.26. The Balaban J connectivity index is 1.84. The van der Waals surface area contributed by atoms with Gasteiger partial charge in [0.2, 0.25) is 5.91 Å². The molecule has 1 saturated carbocycles. The molecule has 1 atom stereocenters. The Hall–Kier alpha value is -1.38. The smallest absolute Gasteiger partial charge is 0.281 e. The van der Waals surface area contributed by atoms with Gasteiger partial charge in [0, 0.05) is 13.6 Å². The summed E-state index contributed by atoms with van der Waals surface area (Å²) in [6, 6.07) is 3.25. The third kappa shape index (κ3) is 3.02. The molecule has 2 N–H and O–H groups in total. The molecule has 0 radical (unpaired) electrons. The molecule has 3 rings (SSSR count). The SMILES string of the molecule is CNC(=O)C1(NS(=O)(=O)N2CCC[C@H]2c2ccco2)CCCC1. The Labute approximate surface area is 136 Å². The van der Waals surface area contributed by atoms with Gasteiger partial charge in [-0.05, 0) is 37.8 Å². The van der Waals surface area contributed by atoms with E-state index in [1.54, 1.807) is 18.4 Å². The topological polar surface area (TPSA) is 91.7 Å². The van der Waals surface area contributed by atoms with E-state index in [2.05, 4.69) is 10.0 Å². The lowest BCUT2D eigenvalue weighted by atomic mass is 9.98. The minimum absolute atomic E-state index is 0.257. The summed E-state index contributed by atoms with van der Waals surface area (Å²) in [7, 11) is -2.23. The summed E-state index contributed by atoms with van der Waals surface area (Å²) in [5.41, 5.74) is -1.02. The number of nitrogens with one attached hydrogen (secondary N) is 2. The third-order valence-corrected chi connectivity index (χ3v) is 6.53. The fourth-order valence-corrected chi connectivity index (χ4v) is 5.51. The van der Waals surface area contributed by atoms with Gasteiger partial charge in [0.15, 0.2) is 0 Å². The number of nitrogens with zero attached hydrogens (tertiary/aromatic N) is 1. The van der Waals surface area contributed by atoms with Crippen molar-refractivity contribution in [1.29, 1.82) is 0 Å². The molecule has 1 aromatic heterocycles.